The second-order valence-corrected chi connectivity index (χ2v) is 7.87. The lowest BCUT2D eigenvalue weighted by Crippen LogP contribution is -2.52. The number of aliphatic imine (C=N–C) groups is 1. The van der Waals surface area contributed by atoms with Crippen LogP contribution in [-0.4, -0.2) is 70.8 Å². The maximum Gasteiger partial charge on any atom is 0.228 e. The average molecular weight is 444 g/mol. The van der Waals surface area contributed by atoms with Gasteiger partial charge in [-0.3, -0.25) is 9.89 Å². The Kier molecular flexibility index (Phi) is 6.83. The predicted octanol–water partition coefficient (Wildman–Crippen LogP) is 2.62. The average Bonchev–Trinajstić information content (AvgIpc) is 3.41. The molecule has 1 N–H and O–H groups in total. The first-order valence-corrected chi connectivity index (χ1v) is 10.7. The van der Waals surface area contributed by atoms with Gasteiger partial charge in [-0.25, -0.2) is 0 Å². The number of rotatable bonds is 6. The summed E-state index contributed by atoms with van der Waals surface area (Å²) in [6, 6.07) is 9.40. The van der Waals surface area contributed by atoms with E-state index in [4.69, 9.17) is 20.6 Å². The third-order valence-corrected chi connectivity index (χ3v) is 5.35. The topological polar surface area (TPSA) is 95.8 Å². The van der Waals surface area contributed by atoms with Gasteiger partial charge in [-0.05, 0) is 19.1 Å². The standard InChI is InChI=1S/C21H26ClN7O2/c1-15-12-18(26-30-15)14-28-8-10-29(11-9-28)21(23-2)24-7-6-19-25-20(27-31-19)16-4-3-5-17(22)13-16/h3-5,12-13H,6-11,14H2,1-2H3,(H,23,24). The molecule has 9 nitrogen and oxygen atoms in total. The molecule has 3 aromatic rings. The molecule has 3 heterocycles. The van der Waals surface area contributed by atoms with E-state index in [1.54, 1.807) is 7.05 Å². The van der Waals surface area contributed by atoms with Crippen LogP contribution in [-0.2, 0) is 13.0 Å². The van der Waals surface area contributed by atoms with Crippen LogP contribution in [0.25, 0.3) is 11.4 Å². The van der Waals surface area contributed by atoms with Crippen LogP contribution < -0.4 is 5.32 Å². The highest BCUT2D eigenvalue weighted by Gasteiger charge is 2.20. The molecule has 0 unspecified atom stereocenters. The first-order valence-electron chi connectivity index (χ1n) is 10.3. The van der Waals surface area contributed by atoms with E-state index in [1.807, 2.05) is 37.3 Å². The molecule has 0 bridgehead atoms. The molecule has 10 heteroatoms. The van der Waals surface area contributed by atoms with Crippen molar-refractivity contribution in [2.24, 2.45) is 4.99 Å². The highest BCUT2D eigenvalue weighted by molar-refractivity contribution is 6.30. The predicted molar refractivity (Wildman–Crippen MR) is 118 cm³/mol. The van der Waals surface area contributed by atoms with Gasteiger partial charge in [-0.2, -0.15) is 4.98 Å². The molecule has 0 amide bonds. The summed E-state index contributed by atoms with van der Waals surface area (Å²) in [4.78, 5) is 13.5. The third kappa shape index (κ3) is 5.62. The van der Waals surface area contributed by atoms with Crippen LogP contribution in [0.3, 0.4) is 0 Å². The smallest absolute Gasteiger partial charge is 0.228 e. The summed E-state index contributed by atoms with van der Waals surface area (Å²) in [6.07, 6.45) is 0.609. The second kappa shape index (κ2) is 9.93. The van der Waals surface area contributed by atoms with Crippen molar-refractivity contribution in [1.82, 2.24) is 30.4 Å². The number of hydrogen-bond donors (Lipinski definition) is 1. The third-order valence-electron chi connectivity index (χ3n) is 5.12. The number of hydrogen-bond acceptors (Lipinski definition) is 7. The van der Waals surface area contributed by atoms with Crippen LogP contribution in [0.2, 0.25) is 5.02 Å². The zero-order valence-electron chi connectivity index (χ0n) is 17.7. The van der Waals surface area contributed by atoms with E-state index in [-0.39, 0.29) is 0 Å². The maximum absolute atomic E-state index is 6.04. The molecule has 0 saturated carbocycles. The minimum Gasteiger partial charge on any atom is -0.361 e. The van der Waals surface area contributed by atoms with Gasteiger partial charge < -0.3 is 19.3 Å². The molecule has 31 heavy (non-hydrogen) atoms. The molecular formula is C21H26ClN7O2. The van der Waals surface area contributed by atoms with Crippen LogP contribution in [0.5, 0.6) is 0 Å². The number of guanidine groups is 1. The van der Waals surface area contributed by atoms with Gasteiger partial charge in [0.15, 0.2) is 5.96 Å². The summed E-state index contributed by atoms with van der Waals surface area (Å²) in [5.41, 5.74) is 1.81. The van der Waals surface area contributed by atoms with Crippen molar-refractivity contribution in [3.05, 3.63) is 52.7 Å². The SMILES string of the molecule is CN=C(NCCc1nc(-c2cccc(Cl)c2)no1)N1CCN(Cc2cc(C)on2)CC1. The fourth-order valence-corrected chi connectivity index (χ4v) is 3.74. The molecule has 0 atom stereocenters. The molecule has 2 aromatic heterocycles. The molecule has 1 aliphatic heterocycles. The number of aromatic nitrogens is 3. The lowest BCUT2D eigenvalue weighted by Gasteiger charge is -2.36. The largest absolute Gasteiger partial charge is 0.361 e. The van der Waals surface area contributed by atoms with Gasteiger partial charge in [0.1, 0.15) is 5.76 Å². The first kappa shape index (κ1) is 21.3. The highest BCUT2D eigenvalue weighted by atomic mass is 35.5. The maximum atomic E-state index is 6.04. The van der Waals surface area contributed by atoms with Crippen molar-refractivity contribution in [2.45, 2.75) is 19.9 Å². The molecule has 0 aliphatic carbocycles. The number of nitrogens with zero attached hydrogens (tertiary/aromatic N) is 6. The minimum atomic E-state index is 0.542. The zero-order valence-corrected chi connectivity index (χ0v) is 18.5. The van der Waals surface area contributed by atoms with E-state index in [1.165, 1.54) is 0 Å². The molecule has 4 rings (SSSR count). The fourth-order valence-electron chi connectivity index (χ4n) is 3.55. The fraction of sp³-hybridized carbons (Fsp3) is 0.429. The lowest BCUT2D eigenvalue weighted by molar-refractivity contribution is 0.169. The Morgan fingerprint density at radius 2 is 2.00 bits per heavy atom. The summed E-state index contributed by atoms with van der Waals surface area (Å²) >= 11 is 6.04. The van der Waals surface area contributed by atoms with Crippen LogP contribution in [0.15, 0.2) is 44.4 Å². The summed E-state index contributed by atoms with van der Waals surface area (Å²) in [6.45, 7) is 7.06. The number of halogens is 1. The van der Waals surface area contributed by atoms with E-state index in [0.29, 0.717) is 29.7 Å². The molecule has 1 aliphatic rings. The molecular weight excluding hydrogens is 418 g/mol. The summed E-state index contributed by atoms with van der Waals surface area (Å²) in [5.74, 6) is 2.84. The van der Waals surface area contributed by atoms with Crippen molar-refractivity contribution >= 4 is 17.6 Å². The monoisotopic (exact) mass is 443 g/mol. The Balaban J connectivity index is 1.23. The van der Waals surface area contributed by atoms with Gasteiger partial charge in [-0.1, -0.05) is 34.0 Å². The first-order chi connectivity index (χ1) is 15.1. The van der Waals surface area contributed by atoms with E-state index in [2.05, 4.69) is 35.4 Å². The summed E-state index contributed by atoms with van der Waals surface area (Å²) in [7, 11) is 1.80. The van der Waals surface area contributed by atoms with Crippen LogP contribution in [0.4, 0.5) is 0 Å². The quantitative estimate of drug-likeness (QED) is 0.458. The normalized spacial score (nSPS) is 15.5. The molecule has 0 radical (unpaired) electrons. The molecule has 164 valence electrons. The Hall–Kier alpha value is -2.91. The van der Waals surface area contributed by atoms with Crippen molar-refractivity contribution < 1.29 is 9.05 Å². The van der Waals surface area contributed by atoms with Crippen molar-refractivity contribution in [1.29, 1.82) is 0 Å². The van der Waals surface area contributed by atoms with Gasteiger partial charge in [0.25, 0.3) is 0 Å². The Bertz CT molecular complexity index is 1020. The second-order valence-electron chi connectivity index (χ2n) is 7.44. The Morgan fingerprint density at radius 1 is 1.16 bits per heavy atom. The molecule has 1 saturated heterocycles. The van der Waals surface area contributed by atoms with Crippen LogP contribution in [0, 0.1) is 6.92 Å². The molecule has 1 aromatic carbocycles. The van der Waals surface area contributed by atoms with Crippen molar-refractivity contribution in [3.8, 4) is 11.4 Å². The highest BCUT2D eigenvalue weighted by Crippen LogP contribution is 2.20. The number of piperazine rings is 1. The van der Waals surface area contributed by atoms with E-state index in [0.717, 1.165) is 55.7 Å². The van der Waals surface area contributed by atoms with Gasteiger partial charge in [0, 0.05) is 69.4 Å². The zero-order chi connectivity index (χ0) is 21.6. The Morgan fingerprint density at radius 3 is 2.71 bits per heavy atom. The summed E-state index contributed by atoms with van der Waals surface area (Å²) < 4.78 is 10.5. The summed E-state index contributed by atoms with van der Waals surface area (Å²) in [5, 5.41) is 12.2. The van der Waals surface area contributed by atoms with Gasteiger partial charge in [-0.15, -0.1) is 0 Å². The van der Waals surface area contributed by atoms with Crippen molar-refractivity contribution in [3.63, 3.8) is 0 Å². The minimum absolute atomic E-state index is 0.542. The van der Waals surface area contributed by atoms with E-state index >= 15 is 0 Å². The van der Waals surface area contributed by atoms with E-state index < -0.39 is 0 Å². The van der Waals surface area contributed by atoms with Gasteiger partial charge in [0.2, 0.25) is 11.7 Å². The number of nitrogens with one attached hydrogen (secondary N) is 1. The van der Waals surface area contributed by atoms with E-state index in [9.17, 15) is 0 Å². The van der Waals surface area contributed by atoms with Crippen molar-refractivity contribution in [2.75, 3.05) is 39.8 Å². The number of aryl methyl sites for hydroxylation is 1. The molecule has 1 fully saturated rings. The van der Waals surface area contributed by atoms with Crippen LogP contribution >= 0.6 is 11.6 Å². The van der Waals surface area contributed by atoms with Crippen LogP contribution in [0.1, 0.15) is 17.3 Å². The van der Waals surface area contributed by atoms with Gasteiger partial charge in [0.05, 0.1) is 5.69 Å². The molecule has 0 spiro atoms. The number of benzene rings is 1. The van der Waals surface area contributed by atoms with Gasteiger partial charge >= 0.3 is 0 Å². The lowest BCUT2D eigenvalue weighted by atomic mass is 10.2. The Labute approximate surface area is 186 Å².